The van der Waals surface area contributed by atoms with Crippen LogP contribution < -0.4 is 10.6 Å². The predicted molar refractivity (Wildman–Crippen MR) is 94.4 cm³/mol. The van der Waals surface area contributed by atoms with Crippen LogP contribution in [0.25, 0.3) is 0 Å². The molecule has 3 aromatic rings. The lowest BCUT2D eigenvalue weighted by Gasteiger charge is -2.13. The Labute approximate surface area is 153 Å². The molecule has 138 valence electrons. The summed E-state index contributed by atoms with van der Waals surface area (Å²) >= 11 is 0. The predicted octanol–water partition coefficient (Wildman–Crippen LogP) is 4.17. The van der Waals surface area contributed by atoms with Crippen molar-refractivity contribution >= 4 is 17.4 Å². The van der Waals surface area contributed by atoms with Gasteiger partial charge in [-0.25, -0.2) is 4.98 Å². The summed E-state index contributed by atoms with van der Waals surface area (Å²) in [5.41, 5.74) is 0.498. The van der Waals surface area contributed by atoms with E-state index in [1.165, 1.54) is 18.3 Å². The molecular formula is C19H15F3N4O. The van der Waals surface area contributed by atoms with Gasteiger partial charge in [0.05, 0.1) is 11.1 Å². The Balaban J connectivity index is 1.77. The third-order valence-corrected chi connectivity index (χ3v) is 3.71. The highest BCUT2D eigenvalue weighted by Gasteiger charge is 2.30. The van der Waals surface area contributed by atoms with Gasteiger partial charge in [-0.2, -0.15) is 13.2 Å². The lowest BCUT2D eigenvalue weighted by atomic mass is 10.1. The molecule has 2 N–H and O–H groups in total. The fourth-order valence-electron chi connectivity index (χ4n) is 2.38. The molecule has 0 saturated heterocycles. The van der Waals surface area contributed by atoms with Gasteiger partial charge in [-0.3, -0.25) is 9.78 Å². The highest BCUT2D eigenvalue weighted by atomic mass is 19.4. The largest absolute Gasteiger partial charge is 0.416 e. The molecule has 5 nitrogen and oxygen atoms in total. The molecule has 0 aliphatic carbocycles. The van der Waals surface area contributed by atoms with Crippen molar-refractivity contribution in [2.45, 2.75) is 12.7 Å². The summed E-state index contributed by atoms with van der Waals surface area (Å²) in [6.07, 6.45) is 0.237. The summed E-state index contributed by atoms with van der Waals surface area (Å²) in [5.74, 6) is -0.224. The van der Waals surface area contributed by atoms with Crippen molar-refractivity contribution in [3.8, 4) is 0 Å². The van der Waals surface area contributed by atoms with Crippen molar-refractivity contribution in [3.05, 3.63) is 83.8 Å². The molecule has 2 heterocycles. The van der Waals surface area contributed by atoms with Gasteiger partial charge in [-0.15, -0.1) is 0 Å². The first kappa shape index (κ1) is 18.4. The van der Waals surface area contributed by atoms with E-state index in [1.807, 2.05) is 0 Å². The number of carbonyl (C=O) groups excluding carboxylic acids is 1. The maximum Gasteiger partial charge on any atom is 0.416 e. The first-order valence-corrected chi connectivity index (χ1v) is 8.00. The normalized spacial score (nSPS) is 11.1. The van der Waals surface area contributed by atoms with Gasteiger partial charge in [0.15, 0.2) is 0 Å². The summed E-state index contributed by atoms with van der Waals surface area (Å²) in [4.78, 5) is 20.5. The van der Waals surface area contributed by atoms with E-state index in [4.69, 9.17) is 0 Å². The molecule has 2 aromatic heterocycles. The average Bonchev–Trinajstić information content (AvgIpc) is 2.67. The van der Waals surface area contributed by atoms with Crippen molar-refractivity contribution in [2.75, 3.05) is 5.32 Å². The minimum Gasteiger partial charge on any atom is -0.348 e. The average molecular weight is 372 g/mol. The Bertz CT molecular complexity index is 929. The fourth-order valence-corrected chi connectivity index (χ4v) is 2.38. The molecule has 0 aliphatic heterocycles. The highest BCUT2D eigenvalue weighted by molar-refractivity contribution is 5.99. The first-order chi connectivity index (χ1) is 12.9. The summed E-state index contributed by atoms with van der Waals surface area (Å²) < 4.78 is 38.6. The van der Waals surface area contributed by atoms with Crippen molar-refractivity contribution in [2.24, 2.45) is 0 Å². The second-order valence-electron chi connectivity index (χ2n) is 5.64. The van der Waals surface area contributed by atoms with Gasteiger partial charge in [0.1, 0.15) is 5.82 Å². The van der Waals surface area contributed by atoms with Crippen molar-refractivity contribution < 1.29 is 18.0 Å². The van der Waals surface area contributed by atoms with Crippen LogP contribution in [0.1, 0.15) is 21.5 Å². The second kappa shape index (κ2) is 7.86. The van der Waals surface area contributed by atoms with Crippen LogP contribution in [-0.4, -0.2) is 15.9 Å². The number of aromatic nitrogens is 2. The van der Waals surface area contributed by atoms with Gasteiger partial charge in [0, 0.05) is 30.8 Å². The molecule has 0 unspecified atom stereocenters. The number of carbonyl (C=O) groups is 1. The Morgan fingerprint density at radius 2 is 1.78 bits per heavy atom. The van der Waals surface area contributed by atoms with E-state index >= 15 is 0 Å². The smallest absolute Gasteiger partial charge is 0.348 e. The lowest BCUT2D eigenvalue weighted by molar-refractivity contribution is -0.137. The Hall–Kier alpha value is -3.42. The van der Waals surface area contributed by atoms with Crippen molar-refractivity contribution in [1.29, 1.82) is 0 Å². The zero-order valence-electron chi connectivity index (χ0n) is 14.0. The Kier molecular flexibility index (Phi) is 5.35. The molecule has 0 saturated carbocycles. The van der Waals surface area contributed by atoms with Crippen LogP contribution in [0.2, 0.25) is 0 Å². The van der Waals surface area contributed by atoms with Crippen molar-refractivity contribution in [1.82, 2.24) is 15.3 Å². The number of pyridine rings is 2. The van der Waals surface area contributed by atoms with Gasteiger partial charge >= 0.3 is 6.18 Å². The van der Waals surface area contributed by atoms with Crippen LogP contribution in [0.3, 0.4) is 0 Å². The van der Waals surface area contributed by atoms with Crippen LogP contribution in [-0.2, 0) is 12.7 Å². The number of rotatable bonds is 5. The number of hydrogen-bond donors (Lipinski definition) is 2. The van der Waals surface area contributed by atoms with E-state index in [1.54, 1.807) is 36.7 Å². The van der Waals surface area contributed by atoms with Crippen molar-refractivity contribution in [3.63, 3.8) is 0 Å². The second-order valence-corrected chi connectivity index (χ2v) is 5.64. The molecule has 1 amide bonds. The van der Waals surface area contributed by atoms with Crippen LogP contribution in [0.4, 0.5) is 24.7 Å². The van der Waals surface area contributed by atoms with E-state index in [9.17, 15) is 18.0 Å². The molecule has 8 heteroatoms. The fraction of sp³-hybridized carbons (Fsp3) is 0.105. The molecule has 0 spiro atoms. The standard InChI is InChI=1S/C19H15F3N4O/c20-19(21,22)14-3-1-4-15(11-14)26-17-16(5-2-8-24-17)18(27)25-12-13-6-9-23-10-7-13/h1-11H,12H2,(H,24,26)(H,25,27). The van der Waals surface area contributed by atoms with Gasteiger partial charge in [-0.05, 0) is 48.0 Å². The molecule has 0 atom stereocenters. The third-order valence-electron chi connectivity index (χ3n) is 3.71. The minimum absolute atomic E-state index is 0.170. The van der Waals surface area contributed by atoms with E-state index in [0.717, 1.165) is 17.7 Å². The molecule has 0 aliphatic rings. The zero-order chi connectivity index (χ0) is 19.3. The van der Waals surface area contributed by atoms with Crippen LogP contribution in [0.15, 0.2) is 67.1 Å². The summed E-state index contributed by atoms with van der Waals surface area (Å²) in [6.45, 7) is 0.291. The van der Waals surface area contributed by atoms with E-state index < -0.39 is 17.6 Å². The van der Waals surface area contributed by atoms with Crippen LogP contribution in [0.5, 0.6) is 0 Å². The SMILES string of the molecule is O=C(NCc1ccncc1)c1cccnc1Nc1cccc(C(F)(F)F)c1. The number of anilines is 2. The first-order valence-electron chi connectivity index (χ1n) is 8.00. The molecule has 1 aromatic carbocycles. The Morgan fingerprint density at radius 3 is 2.52 bits per heavy atom. The third kappa shape index (κ3) is 4.81. The van der Waals surface area contributed by atoms with Gasteiger partial charge in [0.2, 0.25) is 0 Å². The van der Waals surface area contributed by atoms with Gasteiger partial charge < -0.3 is 10.6 Å². The number of halogens is 3. The number of benzene rings is 1. The molecule has 0 fully saturated rings. The maximum absolute atomic E-state index is 12.9. The number of amides is 1. The summed E-state index contributed by atoms with van der Waals surface area (Å²) in [6, 6.07) is 11.4. The zero-order valence-corrected chi connectivity index (χ0v) is 14.0. The summed E-state index contributed by atoms with van der Waals surface area (Å²) in [5, 5.41) is 5.53. The topological polar surface area (TPSA) is 66.9 Å². The quantitative estimate of drug-likeness (QED) is 0.706. The molecule has 0 bridgehead atoms. The van der Waals surface area contributed by atoms with Gasteiger partial charge in [-0.1, -0.05) is 6.07 Å². The monoisotopic (exact) mass is 372 g/mol. The summed E-state index contributed by atoms with van der Waals surface area (Å²) in [7, 11) is 0. The Morgan fingerprint density at radius 1 is 1.00 bits per heavy atom. The van der Waals surface area contributed by atoms with Crippen LogP contribution >= 0.6 is 0 Å². The lowest BCUT2D eigenvalue weighted by Crippen LogP contribution is -2.24. The number of nitrogens with zero attached hydrogens (tertiary/aromatic N) is 2. The minimum atomic E-state index is -4.45. The molecule has 27 heavy (non-hydrogen) atoms. The van der Waals surface area contributed by atoms with Crippen LogP contribution in [0, 0.1) is 0 Å². The highest BCUT2D eigenvalue weighted by Crippen LogP contribution is 2.31. The molecular weight excluding hydrogens is 357 g/mol. The number of alkyl halides is 3. The molecule has 3 rings (SSSR count). The number of nitrogens with one attached hydrogen (secondary N) is 2. The maximum atomic E-state index is 12.9. The van der Waals surface area contributed by atoms with E-state index in [2.05, 4.69) is 20.6 Å². The number of hydrogen-bond acceptors (Lipinski definition) is 4. The molecule has 0 radical (unpaired) electrons. The van der Waals surface area contributed by atoms with E-state index in [-0.39, 0.29) is 17.1 Å². The van der Waals surface area contributed by atoms with Gasteiger partial charge in [0.25, 0.3) is 5.91 Å². The van der Waals surface area contributed by atoms with E-state index in [0.29, 0.717) is 6.54 Å².